The Morgan fingerprint density at radius 2 is 2.31 bits per heavy atom. The average Bonchev–Trinajstić information content (AvgIpc) is 2.29. The minimum atomic E-state index is 0.362. The molecule has 3 nitrogen and oxygen atoms in total. The normalized spacial score (nSPS) is 10.2. The Labute approximate surface area is 102 Å². The minimum Gasteiger partial charge on any atom is -0.353 e. The van der Waals surface area contributed by atoms with E-state index in [0.717, 1.165) is 31.0 Å². The van der Waals surface area contributed by atoms with Crippen LogP contribution in [0, 0.1) is 0 Å². The van der Waals surface area contributed by atoms with Crippen LogP contribution in [0.2, 0.25) is 5.02 Å². The molecule has 0 atom stereocenters. The van der Waals surface area contributed by atoms with E-state index in [2.05, 4.69) is 23.4 Å². The van der Waals surface area contributed by atoms with Gasteiger partial charge in [-0.15, -0.1) is 6.58 Å². The molecule has 1 aromatic rings. The van der Waals surface area contributed by atoms with Crippen molar-refractivity contribution in [3.05, 3.63) is 35.5 Å². The second-order valence-corrected chi connectivity index (χ2v) is 3.94. The molecule has 0 aromatic carbocycles. The Morgan fingerprint density at radius 1 is 1.56 bits per heavy atom. The van der Waals surface area contributed by atoms with Crippen molar-refractivity contribution in [3.8, 4) is 0 Å². The maximum absolute atomic E-state index is 5.97. The predicted molar refractivity (Wildman–Crippen MR) is 69.8 cm³/mol. The zero-order valence-electron chi connectivity index (χ0n) is 9.62. The van der Waals surface area contributed by atoms with Gasteiger partial charge in [-0.2, -0.15) is 0 Å². The molecule has 0 saturated carbocycles. The van der Waals surface area contributed by atoms with Gasteiger partial charge in [0.05, 0.1) is 10.7 Å². The fourth-order valence-electron chi connectivity index (χ4n) is 1.52. The summed E-state index contributed by atoms with van der Waals surface area (Å²) in [6, 6.07) is 3.76. The van der Waals surface area contributed by atoms with E-state index in [4.69, 9.17) is 17.3 Å². The molecule has 0 aliphatic carbocycles. The number of rotatable bonds is 6. The summed E-state index contributed by atoms with van der Waals surface area (Å²) in [5.74, 6) is 0.909. The van der Waals surface area contributed by atoms with E-state index in [1.54, 1.807) is 0 Å². The highest BCUT2D eigenvalue weighted by Crippen LogP contribution is 2.19. The van der Waals surface area contributed by atoms with Crippen molar-refractivity contribution in [2.75, 3.05) is 18.0 Å². The molecule has 16 heavy (non-hydrogen) atoms. The molecular weight excluding hydrogens is 222 g/mol. The summed E-state index contributed by atoms with van der Waals surface area (Å²) >= 11 is 5.97. The van der Waals surface area contributed by atoms with Crippen molar-refractivity contribution in [2.24, 2.45) is 5.73 Å². The summed E-state index contributed by atoms with van der Waals surface area (Å²) in [5.41, 5.74) is 6.32. The first-order chi connectivity index (χ1) is 7.72. The lowest BCUT2D eigenvalue weighted by Crippen LogP contribution is -2.25. The van der Waals surface area contributed by atoms with E-state index >= 15 is 0 Å². The topological polar surface area (TPSA) is 42.1 Å². The van der Waals surface area contributed by atoms with Crippen LogP contribution in [0.4, 0.5) is 5.82 Å². The Balaban J connectivity index is 2.94. The smallest absolute Gasteiger partial charge is 0.129 e. The molecular formula is C12H18ClN3. The first kappa shape index (κ1) is 13.0. The predicted octanol–water partition coefficient (Wildman–Crippen LogP) is 2.60. The van der Waals surface area contributed by atoms with Gasteiger partial charge in [0.15, 0.2) is 0 Å². The zero-order valence-corrected chi connectivity index (χ0v) is 10.4. The fraction of sp³-hybridized carbons (Fsp3) is 0.417. The summed E-state index contributed by atoms with van der Waals surface area (Å²) < 4.78 is 0. The molecule has 0 aliphatic rings. The first-order valence-corrected chi connectivity index (χ1v) is 5.82. The first-order valence-electron chi connectivity index (χ1n) is 5.44. The van der Waals surface area contributed by atoms with Crippen LogP contribution in [0.1, 0.15) is 19.0 Å². The van der Waals surface area contributed by atoms with Crippen LogP contribution < -0.4 is 10.6 Å². The Bertz CT molecular complexity index is 352. The molecule has 0 saturated heterocycles. The van der Waals surface area contributed by atoms with Crippen molar-refractivity contribution >= 4 is 17.4 Å². The number of nitrogens with two attached hydrogens (primary N) is 1. The van der Waals surface area contributed by atoms with E-state index in [0.29, 0.717) is 11.6 Å². The Hall–Kier alpha value is -1.06. The number of nitrogens with zero attached hydrogens (tertiary/aromatic N) is 2. The van der Waals surface area contributed by atoms with Crippen LogP contribution in [-0.2, 0) is 6.54 Å². The molecule has 1 rings (SSSR count). The van der Waals surface area contributed by atoms with Gasteiger partial charge in [-0.1, -0.05) is 24.6 Å². The zero-order chi connectivity index (χ0) is 12.0. The van der Waals surface area contributed by atoms with Crippen LogP contribution in [0.25, 0.3) is 0 Å². The van der Waals surface area contributed by atoms with Gasteiger partial charge in [0.1, 0.15) is 5.82 Å². The van der Waals surface area contributed by atoms with Gasteiger partial charge in [0.25, 0.3) is 0 Å². The Morgan fingerprint density at radius 3 is 2.88 bits per heavy atom. The largest absolute Gasteiger partial charge is 0.353 e. The number of pyridine rings is 1. The van der Waals surface area contributed by atoms with Crippen molar-refractivity contribution < 1.29 is 0 Å². The molecule has 0 radical (unpaired) electrons. The van der Waals surface area contributed by atoms with E-state index in [-0.39, 0.29) is 0 Å². The van der Waals surface area contributed by atoms with Crippen LogP contribution in [-0.4, -0.2) is 18.1 Å². The third kappa shape index (κ3) is 3.22. The number of hydrogen-bond acceptors (Lipinski definition) is 3. The van der Waals surface area contributed by atoms with Crippen molar-refractivity contribution in [1.29, 1.82) is 0 Å². The molecule has 0 fully saturated rings. The van der Waals surface area contributed by atoms with Crippen LogP contribution in [0.5, 0.6) is 0 Å². The molecule has 1 aromatic heterocycles. The van der Waals surface area contributed by atoms with E-state index in [1.165, 1.54) is 0 Å². The molecule has 0 aliphatic heterocycles. The van der Waals surface area contributed by atoms with E-state index < -0.39 is 0 Å². The number of halogens is 1. The maximum atomic E-state index is 5.97. The minimum absolute atomic E-state index is 0.362. The van der Waals surface area contributed by atoms with Gasteiger partial charge >= 0.3 is 0 Å². The molecule has 0 spiro atoms. The summed E-state index contributed by atoms with van der Waals surface area (Å²) in [4.78, 5) is 6.60. The summed E-state index contributed by atoms with van der Waals surface area (Å²) in [6.45, 7) is 7.98. The third-order valence-corrected chi connectivity index (χ3v) is 2.61. The highest BCUT2D eigenvalue weighted by molar-refractivity contribution is 6.31. The highest BCUT2D eigenvalue weighted by Gasteiger charge is 2.08. The monoisotopic (exact) mass is 239 g/mol. The molecule has 0 bridgehead atoms. The van der Waals surface area contributed by atoms with Gasteiger partial charge in [-0.3, -0.25) is 0 Å². The Kier molecular flexibility index (Phi) is 5.29. The standard InChI is InChI=1S/C12H18ClN3/c1-3-7-16(8-4-2)12-6-5-10(13)11(9-14)15-12/h3,5-6H,1,4,7-9,14H2,2H3. The van der Waals surface area contributed by atoms with Gasteiger partial charge in [0.2, 0.25) is 0 Å². The summed E-state index contributed by atoms with van der Waals surface area (Å²) in [5, 5.41) is 0.626. The summed E-state index contributed by atoms with van der Waals surface area (Å²) in [6.07, 6.45) is 2.93. The number of aromatic nitrogens is 1. The maximum Gasteiger partial charge on any atom is 0.129 e. The molecule has 2 N–H and O–H groups in total. The number of hydrogen-bond donors (Lipinski definition) is 1. The van der Waals surface area contributed by atoms with Crippen molar-refractivity contribution in [1.82, 2.24) is 4.98 Å². The molecule has 0 unspecified atom stereocenters. The second-order valence-electron chi connectivity index (χ2n) is 3.54. The van der Waals surface area contributed by atoms with Crippen LogP contribution in [0.15, 0.2) is 24.8 Å². The van der Waals surface area contributed by atoms with Gasteiger partial charge in [-0.05, 0) is 18.6 Å². The molecule has 1 heterocycles. The second kappa shape index (κ2) is 6.51. The lowest BCUT2D eigenvalue weighted by molar-refractivity contribution is 0.796. The van der Waals surface area contributed by atoms with Gasteiger partial charge in [-0.25, -0.2) is 4.98 Å². The third-order valence-electron chi connectivity index (χ3n) is 2.26. The van der Waals surface area contributed by atoms with Crippen molar-refractivity contribution in [3.63, 3.8) is 0 Å². The van der Waals surface area contributed by atoms with E-state index in [9.17, 15) is 0 Å². The quantitative estimate of drug-likeness (QED) is 0.776. The number of anilines is 1. The van der Waals surface area contributed by atoms with Crippen molar-refractivity contribution in [2.45, 2.75) is 19.9 Å². The lowest BCUT2D eigenvalue weighted by Gasteiger charge is -2.22. The molecule has 0 amide bonds. The fourth-order valence-corrected chi connectivity index (χ4v) is 1.70. The SMILES string of the molecule is C=CCN(CCC)c1ccc(Cl)c(CN)n1. The van der Waals surface area contributed by atoms with Gasteiger partial charge < -0.3 is 10.6 Å². The lowest BCUT2D eigenvalue weighted by atomic mass is 10.3. The van der Waals surface area contributed by atoms with E-state index in [1.807, 2.05) is 18.2 Å². The highest BCUT2D eigenvalue weighted by atomic mass is 35.5. The average molecular weight is 240 g/mol. The molecule has 88 valence electrons. The van der Waals surface area contributed by atoms with Gasteiger partial charge in [0, 0.05) is 19.6 Å². The van der Waals surface area contributed by atoms with Crippen LogP contribution >= 0.6 is 11.6 Å². The summed E-state index contributed by atoms with van der Waals surface area (Å²) in [7, 11) is 0. The molecule has 4 heteroatoms. The van der Waals surface area contributed by atoms with Crippen LogP contribution in [0.3, 0.4) is 0 Å².